The van der Waals surface area contributed by atoms with Crippen LogP contribution in [0, 0.1) is 12.8 Å². The lowest BCUT2D eigenvalue weighted by atomic mass is 9.93. The highest BCUT2D eigenvalue weighted by Crippen LogP contribution is 2.24. The van der Waals surface area contributed by atoms with Crippen molar-refractivity contribution in [2.75, 3.05) is 32.7 Å². The van der Waals surface area contributed by atoms with E-state index in [1.165, 1.54) is 42.6 Å². The second-order valence-corrected chi connectivity index (χ2v) is 9.29. The van der Waals surface area contributed by atoms with Crippen LogP contribution in [0.3, 0.4) is 0 Å². The van der Waals surface area contributed by atoms with Gasteiger partial charge in [0.1, 0.15) is 0 Å². The maximum absolute atomic E-state index is 12.8. The lowest BCUT2D eigenvalue weighted by molar-refractivity contribution is -0.127. The monoisotopic (exact) mass is 419 g/mol. The fourth-order valence-electron chi connectivity index (χ4n) is 5.13. The first kappa shape index (κ1) is 22.0. The van der Waals surface area contributed by atoms with E-state index in [1.807, 2.05) is 12.1 Å². The van der Waals surface area contributed by atoms with Gasteiger partial charge in [0.25, 0.3) is 0 Å². The summed E-state index contributed by atoms with van der Waals surface area (Å²) in [7, 11) is 0. The van der Waals surface area contributed by atoms with Crippen LogP contribution in [0.25, 0.3) is 0 Å². The Labute approximate surface area is 187 Å². The van der Waals surface area contributed by atoms with Crippen LogP contribution >= 0.6 is 0 Å². The third-order valence-corrected chi connectivity index (χ3v) is 7.17. The molecule has 1 atom stereocenters. The van der Waals surface area contributed by atoms with Crippen molar-refractivity contribution in [2.45, 2.75) is 51.6 Å². The molecule has 0 unspecified atom stereocenters. The summed E-state index contributed by atoms with van der Waals surface area (Å²) in [5.74, 6) is 0.363. The minimum absolute atomic E-state index is 0.133. The molecule has 2 aliphatic heterocycles. The molecule has 2 aromatic carbocycles. The van der Waals surface area contributed by atoms with Crippen molar-refractivity contribution >= 4 is 5.91 Å². The summed E-state index contributed by atoms with van der Waals surface area (Å²) in [5.41, 5.74) is 3.89. The Morgan fingerprint density at radius 1 is 0.968 bits per heavy atom. The summed E-state index contributed by atoms with van der Waals surface area (Å²) < 4.78 is 0. The van der Waals surface area contributed by atoms with Gasteiger partial charge in [-0.15, -0.1) is 0 Å². The smallest absolute Gasteiger partial charge is 0.224 e. The summed E-state index contributed by atoms with van der Waals surface area (Å²) in [6.45, 7) is 8.33. The average molecular weight is 420 g/mol. The molecule has 0 spiro atoms. The zero-order chi connectivity index (χ0) is 21.5. The highest BCUT2D eigenvalue weighted by Gasteiger charge is 2.31. The zero-order valence-electron chi connectivity index (χ0n) is 18.9. The molecule has 2 heterocycles. The Kier molecular flexibility index (Phi) is 7.76. The van der Waals surface area contributed by atoms with Crippen molar-refractivity contribution < 1.29 is 4.79 Å². The van der Waals surface area contributed by atoms with Crippen molar-refractivity contribution in [3.8, 4) is 0 Å². The number of hydrogen-bond donors (Lipinski definition) is 1. The molecule has 166 valence electrons. The zero-order valence-corrected chi connectivity index (χ0v) is 18.9. The Morgan fingerprint density at radius 3 is 2.48 bits per heavy atom. The van der Waals surface area contributed by atoms with Crippen LogP contribution in [0.4, 0.5) is 0 Å². The normalized spacial score (nSPS) is 21.1. The third-order valence-electron chi connectivity index (χ3n) is 7.17. The van der Waals surface area contributed by atoms with Crippen LogP contribution in [0.15, 0.2) is 54.6 Å². The van der Waals surface area contributed by atoms with Gasteiger partial charge in [-0.05, 0) is 75.4 Å². The number of aryl methyl sites for hydroxylation is 1. The maximum Gasteiger partial charge on any atom is 0.224 e. The van der Waals surface area contributed by atoms with Crippen LogP contribution in [-0.4, -0.2) is 54.5 Å². The Morgan fingerprint density at radius 2 is 1.71 bits per heavy atom. The lowest BCUT2D eigenvalue weighted by Crippen LogP contribution is -2.50. The van der Waals surface area contributed by atoms with Crippen LogP contribution < -0.4 is 5.32 Å². The molecule has 2 saturated heterocycles. The minimum atomic E-state index is 0.133. The van der Waals surface area contributed by atoms with E-state index in [0.717, 1.165) is 38.9 Å². The van der Waals surface area contributed by atoms with Crippen LogP contribution in [0.1, 0.15) is 42.4 Å². The second kappa shape index (κ2) is 10.9. The number of piperidine rings is 2. The van der Waals surface area contributed by atoms with Gasteiger partial charge in [-0.3, -0.25) is 9.69 Å². The summed E-state index contributed by atoms with van der Waals surface area (Å²) in [6.07, 6.45) is 5.75. The van der Waals surface area contributed by atoms with E-state index < -0.39 is 0 Å². The largest absolute Gasteiger partial charge is 0.352 e. The van der Waals surface area contributed by atoms with Crippen molar-refractivity contribution in [3.63, 3.8) is 0 Å². The Hall–Kier alpha value is -2.17. The first-order valence-electron chi connectivity index (χ1n) is 12.0. The van der Waals surface area contributed by atoms with Crippen molar-refractivity contribution in [2.24, 2.45) is 5.92 Å². The molecule has 0 radical (unpaired) electrons. The molecule has 4 rings (SSSR count). The summed E-state index contributed by atoms with van der Waals surface area (Å²) in [6, 6.07) is 19.7. The van der Waals surface area contributed by atoms with E-state index in [1.54, 1.807) is 0 Å². The topological polar surface area (TPSA) is 35.6 Å². The van der Waals surface area contributed by atoms with Crippen molar-refractivity contribution in [1.82, 2.24) is 15.1 Å². The molecule has 1 N–H and O–H groups in total. The fourth-order valence-corrected chi connectivity index (χ4v) is 5.13. The Bertz CT molecular complexity index is 829. The predicted octanol–water partition coefficient (Wildman–Crippen LogP) is 4.03. The lowest BCUT2D eigenvalue weighted by Gasteiger charge is -2.42. The van der Waals surface area contributed by atoms with Gasteiger partial charge in [0.15, 0.2) is 0 Å². The molecule has 0 aliphatic carbocycles. The molecular weight excluding hydrogens is 382 g/mol. The number of nitrogens with zero attached hydrogens (tertiary/aromatic N) is 2. The van der Waals surface area contributed by atoms with Crippen LogP contribution in [0.2, 0.25) is 0 Å². The molecule has 4 nitrogen and oxygen atoms in total. The predicted molar refractivity (Wildman–Crippen MR) is 127 cm³/mol. The average Bonchev–Trinajstić information content (AvgIpc) is 2.83. The Balaban J connectivity index is 1.21. The van der Waals surface area contributed by atoms with Gasteiger partial charge in [0.2, 0.25) is 5.91 Å². The molecule has 2 aromatic rings. The minimum Gasteiger partial charge on any atom is -0.352 e. The molecule has 31 heavy (non-hydrogen) atoms. The molecule has 2 fully saturated rings. The number of rotatable bonds is 7. The SMILES string of the molecule is Cc1ccccc1CNC(=O)[C@H]1CCCN(C2CCN(CCc3ccccc3)CC2)C1. The van der Waals surface area contributed by atoms with E-state index in [-0.39, 0.29) is 11.8 Å². The molecule has 0 saturated carbocycles. The molecule has 2 aliphatic rings. The summed E-state index contributed by atoms with van der Waals surface area (Å²) in [4.78, 5) is 18.1. The second-order valence-electron chi connectivity index (χ2n) is 9.29. The number of nitrogens with one attached hydrogen (secondary N) is 1. The first-order chi connectivity index (χ1) is 15.2. The summed E-state index contributed by atoms with van der Waals surface area (Å²) in [5, 5.41) is 3.20. The van der Waals surface area contributed by atoms with Crippen molar-refractivity contribution in [1.29, 1.82) is 0 Å². The highest BCUT2D eigenvalue weighted by molar-refractivity contribution is 5.79. The first-order valence-corrected chi connectivity index (χ1v) is 12.0. The fraction of sp³-hybridized carbons (Fsp3) is 0.519. The van der Waals surface area contributed by atoms with Gasteiger partial charge in [-0.1, -0.05) is 54.6 Å². The highest BCUT2D eigenvalue weighted by atomic mass is 16.1. The van der Waals surface area contributed by atoms with E-state index in [2.05, 4.69) is 64.5 Å². The number of hydrogen-bond acceptors (Lipinski definition) is 3. The molecule has 4 heteroatoms. The number of amides is 1. The number of carbonyl (C=O) groups excluding carboxylic acids is 1. The summed E-state index contributed by atoms with van der Waals surface area (Å²) >= 11 is 0. The quantitative estimate of drug-likeness (QED) is 0.736. The third kappa shape index (κ3) is 6.18. The van der Waals surface area contributed by atoms with E-state index in [4.69, 9.17) is 0 Å². The van der Waals surface area contributed by atoms with E-state index in [0.29, 0.717) is 12.6 Å². The molecule has 1 amide bonds. The van der Waals surface area contributed by atoms with Crippen molar-refractivity contribution in [3.05, 3.63) is 71.3 Å². The van der Waals surface area contributed by atoms with Gasteiger partial charge in [0, 0.05) is 25.7 Å². The van der Waals surface area contributed by atoms with Gasteiger partial charge in [0.05, 0.1) is 5.92 Å². The molecular formula is C27H37N3O. The molecule has 0 bridgehead atoms. The standard InChI is InChI=1S/C27H37N3O/c1-22-8-5-6-11-24(22)20-28-27(31)25-12-7-16-30(21-25)26-14-18-29(19-15-26)17-13-23-9-3-2-4-10-23/h2-6,8-11,25-26H,7,12-21H2,1H3,(H,28,31)/t25-/m0/s1. The van der Waals surface area contributed by atoms with E-state index >= 15 is 0 Å². The van der Waals surface area contributed by atoms with E-state index in [9.17, 15) is 4.79 Å². The van der Waals surface area contributed by atoms with Crippen LogP contribution in [0.5, 0.6) is 0 Å². The van der Waals surface area contributed by atoms with Gasteiger partial charge >= 0.3 is 0 Å². The number of benzene rings is 2. The van der Waals surface area contributed by atoms with Gasteiger partial charge in [-0.2, -0.15) is 0 Å². The number of carbonyl (C=O) groups is 1. The van der Waals surface area contributed by atoms with Gasteiger partial charge in [-0.25, -0.2) is 0 Å². The molecule has 0 aromatic heterocycles. The maximum atomic E-state index is 12.8. The van der Waals surface area contributed by atoms with Crippen LogP contribution in [-0.2, 0) is 17.8 Å². The van der Waals surface area contributed by atoms with Gasteiger partial charge < -0.3 is 10.2 Å². The number of likely N-dealkylation sites (tertiary alicyclic amines) is 2.